The molecule has 0 atom stereocenters. The number of hydrogen-bond acceptors (Lipinski definition) is 4. The summed E-state index contributed by atoms with van der Waals surface area (Å²) in [5.41, 5.74) is 0. The van der Waals surface area contributed by atoms with Gasteiger partial charge in [-0.1, -0.05) is 20.3 Å². The van der Waals surface area contributed by atoms with Crippen molar-refractivity contribution >= 4 is 11.9 Å². The van der Waals surface area contributed by atoms with Crippen LogP contribution in [0.25, 0.3) is 0 Å². The summed E-state index contributed by atoms with van der Waals surface area (Å²) >= 11 is 0. The van der Waals surface area contributed by atoms with Crippen molar-refractivity contribution in [3.8, 4) is 11.8 Å². The third-order valence-electron chi connectivity index (χ3n) is 1.43. The van der Waals surface area contributed by atoms with Crippen LogP contribution in [0, 0.1) is 11.8 Å². The first-order chi connectivity index (χ1) is 7.20. The monoisotopic (exact) mass is 212 g/mol. The maximum absolute atomic E-state index is 10.9. The van der Waals surface area contributed by atoms with E-state index in [0.717, 1.165) is 19.3 Å². The smallest absolute Gasteiger partial charge is 0.384 e. The summed E-state index contributed by atoms with van der Waals surface area (Å²) in [7, 11) is 0. The molecule has 0 aromatic carbocycles. The predicted octanol–water partition coefficient (Wildman–Crippen LogP) is 1.29. The number of esters is 2. The summed E-state index contributed by atoms with van der Waals surface area (Å²) in [5.74, 6) is 2.75. The van der Waals surface area contributed by atoms with Crippen molar-refractivity contribution in [1.82, 2.24) is 0 Å². The Morgan fingerprint density at radius 3 is 1.93 bits per heavy atom. The van der Waals surface area contributed by atoms with Crippen LogP contribution in [-0.2, 0) is 19.1 Å². The number of carbonyl (C=O) groups is 2. The van der Waals surface area contributed by atoms with E-state index in [1.165, 1.54) is 0 Å². The number of unbranched alkanes of at least 4 members (excludes halogenated alkanes) is 1. The van der Waals surface area contributed by atoms with Gasteiger partial charge in [-0.3, -0.25) is 0 Å². The molecule has 0 saturated carbocycles. The van der Waals surface area contributed by atoms with E-state index in [0.29, 0.717) is 13.2 Å². The molecule has 84 valence electrons. The van der Waals surface area contributed by atoms with Crippen molar-refractivity contribution in [2.45, 2.75) is 33.1 Å². The third kappa shape index (κ3) is 8.82. The standard InChI is InChI=1S/C11H16O4/c1-3-5-9-15-11(13)7-6-10(12)14-8-4-2/h3-5,8-9H2,1-2H3. The molecular formula is C11H16O4. The quantitative estimate of drug-likeness (QED) is 0.298. The Kier molecular flexibility index (Phi) is 8.16. The van der Waals surface area contributed by atoms with Gasteiger partial charge >= 0.3 is 11.9 Å². The maximum atomic E-state index is 10.9. The third-order valence-corrected chi connectivity index (χ3v) is 1.43. The van der Waals surface area contributed by atoms with E-state index in [9.17, 15) is 9.59 Å². The lowest BCUT2D eigenvalue weighted by molar-refractivity contribution is -0.138. The SMILES string of the molecule is CCCCOC(=O)C#CC(=O)OCCC. The Morgan fingerprint density at radius 2 is 1.47 bits per heavy atom. The highest BCUT2D eigenvalue weighted by Crippen LogP contribution is 1.88. The second-order valence-electron chi connectivity index (χ2n) is 2.88. The minimum atomic E-state index is -0.690. The molecule has 0 spiro atoms. The lowest BCUT2D eigenvalue weighted by Gasteiger charge is -1.97. The van der Waals surface area contributed by atoms with Crippen LogP contribution in [0.1, 0.15) is 33.1 Å². The minimum absolute atomic E-state index is 0.318. The summed E-state index contributed by atoms with van der Waals surface area (Å²) in [4.78, 5) is 21.7. The van der Waals surface area contributed by atoms with E-state index >= 15 is 0 Å². The van der Waals surface area contributed by atoms with Crippen molar-refractivity contribution in [2.24, 2.45) is 0 Å². The van der Waals surface area contributed by atoms with Gasteiger partial charge in [-0.05, 0) is 12.8 Å². The van der Waals surface area contributed by atoms with Crippen molar-refractivity contribution in [1.29, 1.82) is 0 Å². The molecule has 0 unspecified atom stereocenters. The fraction of sp³-hybridized carbons (Fsp3) is 0.636. The van der Waals surface area contributed by atoms with Gasteiger partial charge in [-0.15, -0.1) is 0 Å². The fourth-order valence-corrected chi connectivity index (χ4v) is 0.678. The van der Waals surface area contributed by atoms with E-state index in [-0.39, 0.29) is 0 Å². The van der Waals surface area contributed by atoms with Gasteiger partial charge in [0.1, 0.15) is 0 Å². The molecule has 0 N–H and O–H groups in total. The first kappa shape index (κ1) is 13.5. The Labute approximate surface area is 89.9 Å². The summed E-state index contributed by atoms with van der Waals surface area (Å²) in [6, 6.07) is 0. The molecule has 15 heavy (non-hydrogen) atoms. The van der Waals surface area contributed by atoms with Crippen LogP contribution >= 0.6 is 0 Å². The van der Waals surface area contributed by atoms with Gasteiger partial charge in [0.05, 0.1) is 13.2 Å². The predicted molar refractivity (Wildman–Crippen MR) is 54.9 cm³/mol. The molecule has 0 aromatic rings. The number of carbonyl (C=O) groups excluding carboxylic acids is 2. The average Bonchev–Trinajstić information content (AvgIpc) is 2.24. The highest BCUT2D eigenvalue weighted by molar-refractivity contribution is 5.98. The molecule has 0 aromatic heterocycles. The van der Waals surface area contributed by atoms with Crippen LogP contribution in [0.4, 0.5) is 0 Å². The zero-order valence-electron chi connectivity index (χ0n) is 9.17. The topological polar surface area (TPSA) is 52.6 Å². The van der Waals surface area contributed by atoms with Crippen LogP contribution < -0.4 is 0 Å². The van der Waals surface area contributed by atoms with E-state index in [1.54, 1.807) is 0 Å². The van der Waals surface area contributed by atoms with Crippen molar-refractivity contribution in [3.63, 3.8) is 0 Å². The first-order valence-electron chi connectivity index (χ1n) is 5.06. The van der Waals surface area contributed by atoms with Gasteiger partial charge in [0.25, 0.3) is 0 Å². The molecule has 0 amide bonds. The molecule has 0 fully saturated rings. The van der Waals surface area contributed by atoms with Crippen molar-refractivity contribution in [3.05, 3.63) is 0 Å². The van der Waals surface area contributed by atoms with Crippen LogP contribution in [0.15, 0.2) is 0 Å². The Balaban J connectivity index is 3.74. The van der Waals surface area contributed by atoms with E-state index in [4.69, 9.17) is 4.74 Å². The van der Waals surface area contributed by atoms with E-state index < -0.39 is 11.9 Å². The molecule has 0 aliphatic heterocycles. The molecule has 0 aliphatic carbocycles. The van der Waals surface area contributed by atoms with Crippen LogP contribution in [0.3, 0.4) is 0 Å². The summed E-state index contributed by atoms with van der Waals surface area (Å²) in [5, 5.41) is 0. The van der Waals surface area contributed by atoms with E-state index in [1.807, 2.05) is 13.8 Å². The van der Waals surface area contributed by atoms with Crippen molar-refractivity contribution < 1.29 is 19.1 Å². The normalized spacial score (nSPS) is 8.67. The molecular weight excluding hydrogens is 196 g/mol. The Hall–Kier alpha value is -1.50. The fourth-order valence-electron chi connectivity index (χ4n) is 0.678. The van der Waals surface area contributed by atoms with Gasteiger partial charge in [0, 0.05) is 11.8 Å². The lowest BCUT2D eigenvalue weighted by atomic mass is 10.4. The molecule has 0 heterocycles. The number of ether oxygens (including phenoxy) is 2. The molecule has 4 heteroatoms. The zero-order chi connectivity index (χ0) is 11.5. The highest BCUT2D eigenvalue weighted by atomic mass is 16.5. The largest absolute Gasteiger partial charge is 0.456 e. The van der Waals surface area contributed by atoms with Gasteiger partial charge < -0.3 is 9.47 Å². The summed E-state index contributed by atoms with van der Waals surface area (Å²) < 4.78 is 9.36. The van der Waals surface area contributed by atoms with Gasteiger partial charge in [-0.25, -0.2) is 9.59 Å². The average molecular weight is 212 g/mol. The molecule has 4 nitrogen and oxygen atoms in total. The molecule has 0 radical (unpaired) electrons. The zero-order valence-corrected chi connectivity index (χ0v) is 9.17. The van der Waals surface area contributed by atoms with Gasteiger partial charge in [0.2, 0.25) is 0 Å². The van der Waals surface area contributed by atoms with Crippen LogP contribution in [0.2, 0.25) is 0 Å². The number of rotatable bonds is 5. The Morgan fingerprint density at radius 1 is 0.933 bits per heavy atom. The second kappa shape index (κ2) is 9.07. The van der Waals surface area contributed by atoms with E-state index in [2.05, 4.69) is 16.6 Å². The second-order valence-corrected chi connectivity index (χ2v) is 2.88. The first-order valence-corrected chi connectivity index (χ1v) is 5.06. The van der Waals surface area contributed by atoms with Crippen LogP contribution in [-0.4, -0.2) is 25.2 Å². The molecule has 0 rings (SSSR count). The number of hydrogen-bond donors (Lipinski definition) is 0. The molecule has 0 aliphatic rings. The summed E-state index contributed by atoms with van der Waals surface area (Å²) in [6.07, 6.45) is 2.47. The van der Waals surface area contributed by atoms with Crippen molar-refractivity contribution in [2.75, 3.05) is 13.2 Å². The lowest BCUT2D eigenvalue weighted by Crippen LogP contribution is -2.05. The minimum Gasteiger partial charge on any atom is -0.456 e. The highest BCUT2D eigenvalue weighted by Gasteiger charge is 1.98. The summed E-state index contributed by atoms with van der Waals surface area (Å²) in [6.45, 7) is 4.52. The maximum Gasteiger partial charge on any atom is 0.384 e. The van der Waals surface area contributed by atoms with Gasteiger partial charge in [0.15, 0.2) is 0 Å². The van der Waals surface area contributed by atoms with Gasteiger partial charge in [-0.2, -0.15) is 0 Å². The van der Waals surface area contributed by atoms with Crippen LogP contribution in [0.5, 0.6) is 0 Å². The molecule has 0 bridgehead atoms. The molecule has 0 saturated heterocycles. The Bertz CT molecular complexity index is 259.